The number of hydrogen-bond donors (Lipinski definition) is 2. The van der Waals surface area contributed by atoms with Crippen LogP contribution in [0.5, 0.6) is 0 Å². The van der Waals surface area contributed by atoms with Crippen molar-refractivity contribution in [2.45, 2.75) is 124 Å². The van der Waals surface area contributed by atoms with Crippen LogP contribution in [0, 0.1) is 17.8 Å². The largest absolute Gasteiger partial charge is 0.389 e. The number of ether oxygens (including phenoxy) is 2. The van der Waals surface area contributed by atoms with Gasteiger partial charge in [0.1, 0.15) is 5.78 Å². The summed E-state index contributed by atoms with van der Waals surface area (Å²) >= 11 is 0. The fraction of sp³-hybridized carbons (Fsp3) is 0.692. The molecule has 49 heavy (non-hydrogen) atoms. The third-order valence-electron chi connectivity index (χ3n) is 9.80. The SMILES string of the molecule is CC[C@H](C)[C@@H]([C@@H](CC(=O)N1CCCC1C(OC)C(C)C(=O)N[C@@H](CN/C=C(\C)CC(C)=O)Cc1ccccc1)OC)N(C)C(=O)CC(C)C. The van der Waals surface area contributed by atoms with Gasteiger partial charge in [0.15, 0.2) is 0 Å². The maximum Gasteiger partial charge on any atom is 0.225 e. The molecule has 10 nitrogen and oxygen atoms in total. The first-order valence-corrected chi connectivity index (χ1v) is 18.1. The molecule has 3 unspecified atom stereocenters. The zero-order chi connectivity index (χ0) is 36.7. The average Bonchev–Trinajstić information content (AvgIpc) is 3.53. The molecule has 1 aromatic rings. The van der Waals surface area contributed by atoms with E-state index >= 15 is 0 Å². The van der Waals surface area contributed by atoms with E-state index in [2.05, 4.69) is 24.5 Å². The van der Waals surface area contributed by atoms with Gasteiger partial charge in [0.25, 0.3) is 0 Å². The van der Waals surface area contributed by atoms with Crippen molar-refractivity contribution in [1.82, 2.24) is 20.4 Å². The highest BCUT2D eigenvalue weighted by molar-refractivity contribution is 5.81. The minimum atomic E-state index is -0.525. The van der Waals surface area contributed by atoms with Gasteiger partial charge in [-0.15, -0.1) is 0 Å². The van der Waals surface area contributed by atoms with Gasteiger partial charge in [0.05, 0.1) is 42.7 Å². The summed E-state index contributed by atoms with van der Waals surface area (Å²) < 4.78 is 11.9. The van der Waals surface area contributed by atoms with Crippen LogP contribution in [0.25, 0.3) is 0 Å². The third-order valence-corrected chi connectivity index (χ3v) is 9.80. The van der Waals surface area contributed by atoms with E-state index in [4.69, 9.17) is 9.47 Å². The van der Waals surface area contributed by atoms with Gasteiger partial charge in [-0.05, 0) is 56.7 Å². The summed E-state index contributed by atoms with van der Waals surface area (Å²) in [5.74, 6) is -0.208. The number of benzene rings is 1. The van der Waals surface area contributed by atoms with E-state index in [1.54, 1.807) is 26.0 Å². The number of carbonyl (C=O) groups excluding carboxylic acids is 4. The van der Waals surface area contributed by atoms with Crippen LogP contribution in [-0.4, -0.2) is 98.0 Å². The van der Waals surface area contributed by atoms with E-state index in [1.807, 2.05) is 76.2 Å². The number of nitrogens with one attached hydrogen (secondary N) is 2. The molecule has 276 valence electrons. The molecule has 1 heterocycles. The Morgan fingerprint density at radius 1 is 1.02 bits per heavy atom. The van der Waals surface area contributed by atoms with Gasteiger partial charge in [-0.3, -0.25) is 19.2 Å². The Hall–Kier alpha value is -3.24. The lowest BCUT2D eigenvalue weighted by molar-refractivity contribution is -0.146. The Bertz CT molecular complexity index is 1220. The fourth-order valence-corrected chi connectivity index (χ4v) is 7.04. The molecule has 2 N–H and O–H groups in total. The van der Waals surface area contributed by atoms with Crippen LogP contribution in [0.4, 0.5) is 0 Å². The van der Waals surface area contributed by atoms with Crippen molar-refractivity contribution in [3.8, 4) is 0 Å². The number of amides is 3. The molecule has 1 aliphatic heterocycles. The molecule has 1 saturated heterocycles. The number of likely N-dealkylation sites (tertiary alicyclic amines) is 1. The van der Waals surface area contributed by atoms with Crippen molar-refractivity contribution in [2.75, 3.05) is 34.4 Å². The van der Waals surface area contributed by atoms with E-state index < -0.39 is 18.1 Å². The standard InChI is InChI=1S/C39H64N4O6/c1-11-28(5)37(42(8)35(45)20-26(2)3)34(48-9)23-36(46)43-19-15-18-33(43)38(49-10)30(7)39(47)41-32(22-31-16-13-12-14-17-31)25-40-24-27(4)21-29(6)44/h12-14,16-17,24,26,28,30,32-34,37-38,40H,11,15,18-23,25H2,1-10H3,(H,41,47)/b27-24+/t28-,30?,32+,33?,34+,37-,38?/m0/s1. The lowest BCUT2D eigenvalue weighted by Crippen LogP contribution is -2.54. The van der Waals surface area contributed by atoms with Crippen molar-refractivity contribution in [2.24, 2.45) is 17.8 Å². The molecular weight excluding hydrogens is 620 g/mol. The van der Waals surface area contributed by atoms with E-state index in [1.165, 1.54) is 0 Å². The molecule has 3 amide bonds. The quantitative estimate of drug-likeness (QED) is 0.184. The molecule has 0 bridgehead atoms. The zero-order valence-electron chi connectivity index (χ0n) is 31.8. The smallest absolute Gasteiger partial charge is 0.225 e. The second-order valence-corrected chi connectivity index (χ2v) is 14.4. The monoisotopic (exact) mass is 684 g/mol. The number of nitrogens with zero attached hydrogens (tertiary/aromatic N) is 2. The molecule has 7 atom stereocenters. The van der Waals surface area contributed by atoms with Gasteiger partial charge in [-0.25, -0.2) is 0 Å². The summed E-state index contributed by atoms with van der Waals surface area (Å²) in [6.07, 6.45) is 4.85. The number of carbonyl (C=O) groups is 4. The number of Topliss-reactive ketones (excluding diaryl/α,β-unsaturated/α-hetero) is 1. The van der Waals surface area contributed by atoms with E-state index in [-0.39, 0.29) is 59.9 Å². The van der Waals surface area contributed by atoms with Crippen LogP contribution < -0.4 is 10.6 Å². The topological polar surface area (TPSA) is 117 Å². The molecular formula is C39H64N4O6. The molecule has 0 spiro atoms. The summed E-state index contributed by atoms with van der Waals surface area (Å²) in [6, 6.07) is 9.28. The van der Waals surface area contributed by atoms with Crippen LogP contribution in [-0.2, 0) is 35.1 Å². The first kappa shape index (κ1) is 41.9. The van der Waals surface area contributed by atoms with Crippen LogP contribution >= 0.6 is 0 Å². The highest BCUT2D eigenvalue weighted by Crippen LogP contribution is 2.29. The van der Waals surface area contributed by atoms with Gasteiger partial charge in [0.2, 0.25) is 17.7 Å². The summed E-state index contributed by atoms with van der Waals surface area (Å²) in [6.45, 7) is 14.6. The highest BCUT2D eigenvalue weighted by atomic mass is 16.5. The number of likely N-dealkylation sites (N-methyl/N-ethyl adjacent to an activating group) is 1. The van der Waals surface area contributed by atoms with Crippen molar-refractivity contribution in [3.63, 3.8) is 0 Å². The number of allylic oxidation sites excluding steroid dienone is 1. The molecule has 2 rings (SSSR count). The lowest BCUT2D eigenvalue weighted by Gasteiger charge is -2.39. The van der Waals surface area contributed by atoms with E-state index in [0.29, 0.717) is 32.4 Å². The lowest BCUT2D eigenvalue weighted by atomic mass is 9.90. The fourth-order valence-electron chi connectivity index (χ4n) is 7.04. The Balaban J connectivity index is 2.20. The number of hydrogen-bond acceptors (Lipinski definition) is 7. The maximum absolute atomic E-state index is 14.0. The molecule has 1 fully saturated rings. The van der Waals surface area contributed by atoms with E-state index in [0.717, 1.165) is 30.4 Å². The molecule has 0 saturated carbocycles. The summed E-state index contributed by atoms with van der Waals surface area (Å²) in [4.78, 5) is 56.1. The minimum Gasteiger partial charge on any atom is -0.389 e. The summed E-state index contributed by atoms with van der Waals surface area (Å²) in [5, 5.41) is 6.53. The minimum absolute atomic E-state index is 0.0520. The highest BCUT2D eigenvalue weighted by Gasteiger charge is 2.42. The Labute approximate surface area is 295 Å². The Morgan fingerprint density at radius 2 is 1.69 bits per heavy atom. The third kappa shape index (κ3) is 13.2. The number of rotatable bonds is 21. The van der Waals surface area contributed by atoms with Gasteiger partial charge in [-0.2, -0.15) is 0 Å². The Kier molecular flexibility index (Phi) is 18.0. The number of methoxy groups -OCH3 is 2. The normalized spacial score (nSPS) is 18.7. The second kappa shape index (κ2) is 21.1. The van der Waals surface area contributed by atoms with Gasteiger partial charge in [0, 0.05) is 47.2 Å². The van der Waals surface area contributed by atoms with Crippen molar-refractivity contribution >= 4 is 23.5 Å². The zero-order valence-corrected chi connectivity index (χ0v) is 31.8. The summed E-state index contributed by atoms with van der Waals surface area (Å²) in [7, 11) is 5.04. The molecule has 0 aromatic heterocycles. The van der Waals surface area contributed by atoms with Crippen LogP contribution in [0.3, 0.4) is 0 Å². The first-order chi connectivity index (χ1) is 23.2. The predicted molar refractivity (Wildman–Crippen MR) is 195 cm³/mol. The van der Waals surface area contributed by atoms with Crippen LogP contribution in [0.2, 0.25) is 0 Å². The summed E-state index contributed by atoms with van der Waals surface area (Å²) in [5.41, 5.74) is 2.03. The average molecular weight is 685 g/mol. The predicted octanol–water partition coefficient (Wildman–Crippen LogP) is 5.15. The number of ketones is 1. The maximum atomic E-state index is 14.0. The first-order valence-electron chi connectivity index (χ1n) is 18.1. The van der Waals surface area contributed by atoms with Crippen molar-refractivity contribution in [1.29, 1.82) is 0 Å². The molecule has 1 aliphatic rings. The van der Waals surface area contributed by atoms with Crippen LogP contribution in [0.15, 0.2) is 42.1 Å². The Morgan fingerprint density at radius 3 is 2.27 bits per heavy atom. The second-order valence-electron chi connectivity index (χ2n) is 14.4. The van der Waals surface area contributed by atoms with Gasteiger partial charge in [-0.1, -0.05) is 76.9 Å². The molecule has 0 radical (unpaired) electrons. The van der Waals surface area contributed by atoms with E-state index in [9.17, 15) is 19.2 Å². The van der Waals surface area contributed by atoms with Gasteiger partial charge < -0.3 is 29.9 Å². The molecule has 0 aliphatic carbocycles. The van der Waals surface area contributed by atoms with Gasteiger partial charge >= 0.3 is 0 Å². The van der Waals surface area contributed by atoms with Crippen molar-refractivity contribution in [3.05, 3.63) is 47.7 Å². The van der Waals surface area contributed by atoms with Crippen molar-refractivity contribution < 1.29 is 28.7 Å². The van der Waals surface area contributed by atoms with Crippen LogP contribution in [0.1, 0.15) is 92.6 Å². The molecule has 10 heteroatoms. The molecule has 1 aromatic carbocycles.